The van der Waals surface area contributed by atoms with Crippen LogP contribution >= 0.6 is 0 Å². The number of carbonyl (C=O) groups excluding carboxylic acids is 1. The lowest BCUT2D eigenvalue weighted by atomic mass is 10.0. The first-order valence-corrected chi connectivity index (χ1v) is 9.36. The summed E-state index contributed by atoms with van der Waals surface area (Å²) in [5, 5.41) is 3.29. The number of rotatable bonds is 7. The van der Waals surface area contributed by atoms with Crippen molar-refractivity contribution in [3.63, 3.8) is 0 Å². The van der Waals surface area contributed by atoms with Gasteiger partial charge >= 0.3 is 0 Å². The molecular weight excluding hydrogens is 314 g/mol. The van der Waals surface area contributed by atoms with Gasteiger partial charge in [-0.1, -0.05) is 29.8 Å². The first-order chi connectivity index (χ1) is 12.0. The van der Waals surface area contributed by atoms with Gasteiger partial charge in [-0.2, -0.15) is 0 Å². The molecule has 5 nitrogen and oxygen atoms in total. The lowest BCUT2D eigenvalue weighted by Crippen LogP contribution is -2.49. The van der Waals surface area contributed by atoms with Crippen LogP contribution in [0.5, 0.6) is 0 Å². The number of nitrogens with one attached hydrogen (secondary N) is 1. The molecule has 2 atom stereocenters. The molecule has 1 saturated heterocycles. The van der Waals surface area contributed by atoms with E-state index in [2.05, 4.69) is 60.4 Å². The summed E-state index contributed by atoms with van der Waals surface area (Å²) in [5.74, 6) is 0.723. The van der Waals surface area contributed by atoms with Crippen molar-refractivity contribution < 1.29 is 9.53 Å². The molecule has 0 spiro atoms. The summed E-state index contributed by atoms with van der Waals surface area (Å²) < 4.78 is 5.80. The van der Waals surface area contributed by atoms with E-state index < -0.39 is 0 Å². The minimum atomic E-state index is 0.128. The molecule has 5 heteroatoms. The fourth-order valence-electron chi connectivity index (χ4n) is 3.54. The maximum atomic E-state index is 12.6. The molecule has 1 aliphatic heterocycles. The Bertz CT molecular complexity index is 569. The fourth-order valence-corrected chi connectivity index (χ4v) is 3.54. The highest BCUT2D eigenvalue weighted by Gasteiger charge is 2.33. The summed E-state index contributed by atoms with van der Waals surface area (Å²) in [7, 11) is 4.10. The van der Waals surface area contributed by atoms with Gasteiger partial charge in [0.05, 0.1) is 25.3 Å². The smallest absolute Gasteiger partial charge is 0.234 e. The van der Waals surface area contributed by atoms with Crippen LogP contribution in [0.25, 0.3) is 0 Å². The van der Waals surface area contributed by atoms with Crippen LogP contribution in [0, 0.1) is 12.8 Å². The third-order valence-electron chi connectivity index (χ3n) is 5.01. The first-order valence-electron chi connectivity index (χ1n) is 9.36. The molecule has 0 bridgehead atoms. The van der Waals surface area contributed by atoms with Crippen LogP contribution in [0.1, 0.15) is 30.0 Å². The normalized spacial score (nSPS) is 22.8. The molecule has 138 valence electrons. The maximum absolute atomic E-state index is 12.6. The van der Waals surface area contributed by atoms with Crippen molar-refractivity contribution in [1.82, 2.24) is 15.1 Å². The summed E-state index contributed by atoms with van der Waals surface area (Å²) in [5.41, 5.74) is 2.48. The lowest BCUT2D eigenvalue weighted by Gasteiger charge is -2.34. The monoisotopic (exact) mass is 345 g/mol. The number of amides is 1. The highest BCUT2D eigenvalue weighted by atomic mass is 16.5. The summed E-state index contributed by atoms with van der Waals surface area (Å²) in [4.78, 5) is 17.0. The van der Waals surface area contributed by atoms with Gasteiger partial charge in [0.15, 0.2) is 0 Å². The highest BCUT2D eigenvalue weighted by molar-refractivity contribution is 5.78. The second-order valence-electron chi connectivity index (χ2n) is 7.78. The molecule has 1 N–H and O–H groups in total. The number of morpholine rings is 1. The number of carbonyl (C=O) groups is 1. The van der Waals surface area contributed by atoms with Gasteiger partial charge in [0, 0.05) is 19.6 Å². The molecule has 1 amide bonds. The Labute approximate surface area is 151 Å². The summed E-state index contributed by atoms with van der Waals surface area (Å²) in [6, 6.07) is 8.72. The van der Waals surface area contributed by atoms with E-state index in [-0.39, 0.29) is 18.1 Å². The van der Waals surface area contributed by atoms with Crippen LogP contribution in [0.4, 0.5) is 0 Å². The molecule has 1 aliphatic carbocycles. The number of hydrogen-bond donors (Lipinski definition) is 1. The van der Waals surface area contributed by atoms with Crippen LogP contribution in [0.15, 0.2) is 24.3 Å². The Morgan fingerprint density at radius 2 is 2.04 bits per heavy atom. The minimum Gasteiger partial charge on any atom is -0.374 e. The van der Waals surface area contributed by atoms with Crippen LogP contribution in [0.3, 0.4) is 0 Å². The fraction of sp³-hybridized carbons (Fsp3) is 0.650. The predicted octanol–water partition coefficient (Wildman–Crippen LogP) is 1.82. The van der Waals surface area contributed by atoms with E-state index in [0.717, 1.165) is 19.6 Å². The number of aryl methyl sites for hydroxylation is 1. The van der Waals surface area contributed by atoms with Crippen LogP contribution in [-0.2, 0) is 9.53 Å². The second-order valence-corrected chi connectivity index (χ2v) is 7.78. The molecular formula is C20H31N3O2. The zero-order valence-corrected chi connectivity index (χ0v) is 15.7. The van der Waals surface area contributed by atoms with Crippen molar-refractivity contribution in [1.29, 1.82) is 0 Å². The highest BCUT2D eigenvalue weighted by Crippen LogP contribution is 2.41. The predicted molar refractivity (Wildman–Crippen MR) is 99.5 cm³/mol. The van der Waals surface area contributed by atoms with E-state index in [1.165, 1.54) is 24.0 Å². The van der Waals surface area contributed by atoms with Gasteiger partial charge in [0.2, 0.25) is 5.91 Å². The van der Waals surface area contributed by atoms with Gasteiger partial charge in [-0.05, 0) is 45.3 Å². The zero-order chi connectivity index (χ0) is 17.8. The van der Waals surface area contributed by atoms with Gasteiger partial charge in [0.25, 0.3) is 0 Å². The van der Waals surface area contributed by atoms with Crippen LogP contribution in [0.2, 0.25) is 0 Å². The van der Waals surface area contributed by atoms with Gasteiger partial charge in [-0.15, -0.1) is 0 Å². The third kappa shape index (κ3) is 5.53. The Hall–Kier alpha value is -1.43. The van der Waals surface area contributed by atoms with E-state index >= 15 is 0 Å². The molecule has 25 heavy (non-hydrogen) atoms. The molecule has 0 radical (unpaired) electrons. The Balaban J connectivity index is 1.54. The van der Waals surface area contributed by atoms with Crippen molar-refractivity contribution in [2.75, 3.05) is 46.9 Å². The van der Waals surface area contributed by atoms with Crippen molar-refractivity contribution >= 4 is 5.91 Å². The third-order valence-corrected chi connectivity index (χ3v) is 5.01. The second kappa shape index (κ2) is 8.30. The average Bonchev–Trinajstić information content (AvgIpc) is 3.38. The van der Waals surface area contributed by atoms with Crippen molar-refractivity contribution in [2.45, 2.75) is 31.9 Å². The molecule has 2 unspecified atom stereocenters. The molecule has 1 aromatic carbocycles. The first kappa shape index (κ1) is 18.4. The van der Waals surface area contributed by atoms with Gasteiger partial charge in [-0.25, -0.2) is 0 Å². The maximum Gasteiger partial charge on any atom is 0.234 e. The number of nitrogens with zero attached hydrogens (tertiary/aromatic N) is 2. The molecule has 1 aromatic rings. The van der Waals surface area contributed by atoms with Gasteiger partial charge < -0.3 is 15.0 Å². The number of benzene rings is 1. The summed E-state index contributed by atoms with van der Waals surface area (Å²) >= 11 is 0. The summed E-state index contributed by atoms with van der Waals surface area (Å²) in [6.45, 7) is 5.81. The quantitative estimate of drug-likeness (QED) is 0.819. The minimum absolute atomic E-state index is 0.128. The molecule has 3 rings (SSSR count). The molecule has 1 heterocycles. The summed E-state index contributed by atoms with van der Waals surface area (Å²) in [6.07, 6.45) is 2.61. The largest absolute Gasteiger partial charge is 0.374 e. The Morgan fingerprint density at radius 1 is 1.32 bits per heavy atom. The van der Waals surface area contributed by atoms with Crippen molar-refractivity contribution in [2.24, 2.45) is 5.92 Å². The standard InChI is InChI=1S/C20H31N3O2/c1-15-4-6-16(7-5-15)20(17-8-9-17)21-19(24)14-23-10-11-25-18(13-23)12-22(2)3/h4-7,17-18,20H,8-14H2,1-3H3,(H,21,24). The SMILES string of the molecule is Cc1ccc(C(NC(=O)CN2CCOC(CN(C)C)C2)C2CC2)cc1. The lowest BCUT2D eigenvalue weighted by molar-refractivity contribution is -0.125. The van der Waals surface area contributed by atoms with E-state index in [1.807, 2.05) is 0 Å². The Kier molecular flexibility index (Phi) is 6.10. The Morgan fingerprint density at radius 3 is 2.68 bits per heavy atom. The number of likely N-dealkylation sites (N-methyl/N-ethyl adjacent to an activating group) is 1. The van der Waals surface area contributed by atoms with Gasteiger partial charge in [-0.3, -0.25) is 9.69 Å². The van der Waals surface area contributed by atoms with Gasteiger partial charge in [0.1, 0.15) is 0 Å². The van der Waals surface area contributed by atoms with E-state index in [0.29, 0.717) is 19.1 Å². The number of hydrogen-bond acceptors (Lipinski definition) is 4. The number of ether oxygens (including phenoxy) is 1. The molecule has 2 fully saturated rings. The molecule has 1 saturated carbocycles. The van der Waals surface area contributed by atoms with E-state index in [1.54, 1.807) is 0 Å². The zero-order valence-electron chi connectivity index (χ0n) is 15.7. The van der Waals surface area contributed by atoms with Crippen LogP contribution in [-0.4, -0.2) is 68.7 Å². The van der Waals surface area contributed by atoms with Crippen LogP contribution < -0.4 is 5.32 Å². The topological polar surface area (TPSA) is 44.8 Å². The molecule has 2 aliphatic rings. The van der Waals surface area contributed by atoms with Crippen molar-refractivity contribution in [3.8, 4) is 0 Å². The molecule has 0 aromatic heterocycles. The van der Waals surface area contributed by atoms with E-state index in [4.69, 9.17) is 4.74 Å². The van der Waals surface area contributed by atoms with E-state index in [9.17, 15) is 4.79 Å². The average molecular weight is 345 g/mol. The van der Waals surface area contributed by atoms with Crippen molar-refractivity contribution in [3.05, 3.63) is 35.4 Å².